The normalized spacial score (nSPS) is 11.2. The molecule has 0 spiro atoms. The fourth-order valence-electron chi connectivity index (χ4n) is 2.07. The highest BCUT2D eigenvalue weighted by molar-refractivity contribution is 6.37. The van der Waals surface area contributed by atoms with Gasteiger partial charge < -0.3 is 0 Å². The van der Waals surface area contributed by atoms with Gasteiger partial charge in [0, 0.05) is 6.42 Å². The molecular weight excluding hydrogens is 244 g/mol. The van der Waals surface area contributed by atoms with Gasteiger partial charge in [-0.1, -0.05) is 67.6 Å². The van der Waals surface area contributed by atoms with Crippen molar-refractivity contribution in [3.63, 3.8) is 0 Å². The molecule has 2 aromatic carbocycles. The first-order valence-corrected chi connectivity index (χ1v) is 6.40. The van der Waals surface area contributed by atoms with Crippen molar-refractivity contribution < 1.29 is 4.79 Å². The number of carbonyl (C=O) groups excluding carboxylic acids is 1. The Bertz CT molecular complexity index is 480. The van der Waals surface area contributed by atoms with E-state index in [4.69, 9.17) is 11.6 Å². The summed E-state index contributed by atoms with van der Waals surface area (Å²) in [5.41, 5.74) is 1.65. The zero-order valence-electron chi connectivity index (χ0n) is 10.3. The number of rotatable bonds is 4. The minimum atomic E-state index is -1.07. The SMILES string of the molecule is CCC(=O)C(Cl)(c1ccccc1)c1ccccc1. The first kappa shape index (κ1) is 12.8. The molecular formula is C16H15ClO. The molecule has 0 bridgehead atoms. The average Bonchev–Trinajstić information content (AvgIpc) is 2.47. The number of carbonyl (C=O) groups is 1. The van der Waals surface area contributed by atoms with Crippen LogP contribution >= 0.6 is 11.6 Å². The number of alkyl halides is 1. The molecule has 0 radical (unpaired) electrons. The van der Waals surface area contributed by atoms with Gasteiger partial charge in [0.1, 0.15) is 0 Å². The molecule has 0 unspecified atom stereocenters. The van der Waals surface area contributed by atoms with Gasteiger partial charge in [-0.15, -0.1) is 11.6 Å². The summed E-state index contributed by atoms with van der Waals surface area (Å²) in [6, 6.07) is 19.0. The van der Waals surface area contributed by atoms with E-state index in [1.54, 1.807) is 0 Å². The van der Waals surface area contributed by atoms with Crippen molar-refractivity contribution in [2.75, 3.05) is 0 Å². The first-order chi connectivity index (χ1) is 8.69. The summed E-state index contributed by atoms with van der Waals surface area (Å²) in [6.07, 6.45) is 0.410. The summed E-state index contributed by atoms with van der Waals surface area (Å²) in [5, 5.41) is 0. The Kier molecular flexibility index (Phi) is 3.83. The van der Waals surface area contributed by atoms with Crippen LogP contribution in [0.25, 0.3) is 0 Å². The molecule has 0 saturated heterocycles. The predicted molar refractivity (Wildman–Crippen MR) is 74.8 cm³/mol. The van der Waals surface area contributed by atoms with Crippen molar-refractivity contribution >= 4 is 17.4 Å². The largest absolute Gasteiger partial charge is 0.297 e. The summed E-state index contributed by atoms with van der Waals surface area (Å²) >= 11 is 6.69. The lowest BCUT2D eigenvalue weighted by Crippen LogP contribution is -2.30. The minimum Gasteiger partial charge on any atom is -0.297 e. The average molecular weight is 259 g/mol. The van der Waals surface area contributed by atoms with Crippen LogP contribution in [-0.4, -0.2) is 5.78 Å². The van der Waals surface area contributed by atoms with E-state index in [1.807, 2.05) is 67.6 Å². The summed E-state index contributed by atoms with van der Waals surface area (Å²) in [7, 11) is 0. The number of hydrogen-bond acceptors (Lipinski definition) is 1. The van der Waals surface area contributed by atoms with Crippen LogP contribution in [0.3, 0.4) is 0 Å². The molecule has 18 heavy (non-hydrogen) atoms. The molecule has 0 fully saturated rings. The van der Waals surface area contributed by atoms with Gasteiger partial charge in [-0.05, 0) is 11.1 Å². The van der Waals surface area contributed by atoms with Gasteiger partial charge in [0.2, 0.25) is 0 Å². The molecule has 2 heteroatoms. The Morgan fingerprint density at radius 2 is 1.33 bits per heavy atom. The molecule has 2 aromatic rings. The van der Waals surface area contributed by atoms with Crippen molar-refractivity contribution in [1.82, 2.24) is 0 Å². The Morgan fingerprint density at radius 3 is 1.67 bits per heavy atom. The fourth-order valence-corrected chi connectivity index (χ4v) is 2.45. The third-order valence-electron chi connectivity index (χ3n) is 3.05. The summed E-state index contributed by atoms with van der Waals surface area (Å²) < 4.78 is 0. The number of hydrogen-bond donors (Lipinski definition) is 0. The second-order valence-corrected chi connectivity index (χ2v) is 4.73. The summed E-state index contributed by atoms with van der Waals surface area (Å²) in [6.45, 7) is 1.84. The van der Waals surface area contributed by atoms with E-state index in [1.165, 1.54) is 0 Å². The Hall–Kier alpha value is -1.60. The highest BCUT2D eigenvalue weighted by atomic mass is 35.5. The molecule has 2 rings (SSSR count). The molecule has 1 nitrogen and oxygen atoms in total. The molecule has 0 N–H and O–H groups in total. The Balaban J connectivity index is 2.59. The van der Waals surface area contributed by atoms with Gasteiger partial charge in [-0.2, -0.15) is 0 Å². The third-order valence-corrected chi connectivity index (χ3v) is 3.70. The molecule has 0 aliphatic carbocycles. The van der Waals surface area contributed by atoms with E-state index in [9.17, 15) is 4.79 Å². The van der Waals surface area contributed by atoms with Gasteiger partial charge >= 0.3 is 0 Å². The molecule has 0 atom stereocenters. The van der Waals surface area contributed by atoms with E-state index in [-0.39, 0.29) is 5.78 Å². The minimum absolute atomic E-state index is 0.0153. The first-order valence-electron chi connectivity index (χ1n) is 6.03. The van der Waals surface area contributed by atoms with Crippen molar-refractivity contribution in [2.24, 2.45) is 0 Å². The Morgan fingerprint density at radius 1 is 0.944 bits per heavy atom. The van der Waals surface area contributed by atoms with Crippen molar-refractivity contribution in [2.45, 2.75) is 18.2 Å². The van der Waals surface area contributed by atoms with Crippen LogP contribution in [0.4, 0.5) is 0 Å². The topological polar surface area (TPSA) is 17.1 Å². The highest BCUT2D eigenvalue weighted by Crippen LogP contribution is 2.38. The van der Waals surface area contributed by atoms with E-state index >= 15 is 0 Å². The van der Waals surface area contributed by atoms with Crippen LogP contribution in [0.5, 0.6) is 0 Å². The second kappa shape index (κ2) is 5.36. The van der Waals surface area contributed by atoms with E-state index in [0.717, 1.165) is 11.1 Å². The van der Waals surface area contributed by atoms with Crippen LogP contribution in [0.1, 0.15) is 24.5 Å². The molecule has 0 aliphatic heterocycles. The monoisotopic (exact) mass is 258 g/mol. The van der Waals surface area contributed by atoms with Crippen molar-refractivity contribution in [3.8, 4) is 0 Å². The van der Waals surface area contributed by atoms with Crippen molar-refractivity contribution in [1.29, 1.82) is 0 Å². The smallest absolute Gasteiger partial charge is 0.162 e. The lowest BCUT2D eigenvalue weighted by atomic mass is 9.86. The zero-order valence-corrected chi connectivity index (χ0v) is 11.0. The molecule has 0 heterocycles. The highest BCUT2D eigenvalue weighted by Gasteiger charge is 2.38. The number of ketones is 1. The van der Waals surface area contributed by atoms with Crippen LogP contribution in [-0.2, 0) is 9.67 Å². The van der Waals surface area contributed by atoms with Crippen LogP contribution in [0, 0.1) is 0 Å². The second-order valence-electron chi connectivity index (χ2n) is 4.17. The summed E-state index contributed by atoms with van der Waals surface area (Å²) in [4.78, 5) is 11.2. The number of halogens is 1. The molecule has 0 aliphatic rings. The van der Waals surface area contributed by atoms with Crippen LogP contribution < -0.4 is 0 Å². The predicted octanol–water partition coefficient (Wildman–Crippen LogP) is 4.15. The number of benzene rings is 2. The van der Waals surface area contributed by atoms with Gasteiger partial charge in [0.15, 0.2) is 10.7 Å². The van der Waals surface area contributed by atoms with Gasteiger partial charge in [0.05, 0.1) is 0 Å². The molecule has 0 aromatic heterocycles. The lowest BCUT2D eigenvalue weighted by Gasteiger charge is -2.26. The van der Waals surface area contributed by atoms with E-state index in [0.29, 0.717) is 6.42 Å². The maximum absolute atomic E-state index is 12.3. The number of Topliss-reactive ketones (excluding diaryl/α,β-unsaturated/α-hetero) is 1. The third kappa shape index (κ3) is 2.19. The van der Waals surface area contributed by atoms with Gasteiger partial charge in [-0.25, -0.2) is 0 Å². The molecule has 92 valence electrons. The zero-order chi connectivity index (χ0) is 13.0. The Labute approximate surface area is 112 Å². The van der Waals surface area contributed by atoms with E-state index in [2.05, 4.69) is 0 Å². The lowest BCUT2D eigenvalue weighted by molar-refractivity contribution is -0.120. The van der Waals surface area contributed by atoms with Crippen LogP contribution in [0.2, 0.25) is 0 Å². The maximum Gasteiger partial charge on any atom is 0.162 e. The standard InChI is InChI=1S/C16H15ClO/c1-2-15(18)16(17,13-9-5-3-6-10-13)14-11-7-4-8-12-14/h3-12H,2H2,1H3. The van der Waals surface area contributed by atoms with Crippen molar-refractivity contribution in [3.05, 3.63) is 71.8 Å². The van der Waals surface area contributed by atoms with Gasteiger partial charge in [-0.3, -0.25) is 4.79 Å². The fraction of sp³-hybridized carbons (Fsp3) is 0.188. The quantitative estimate of drug-likeness (QED) is 0.753. The van der Waals surface area contributed by atoms with Gasteiger partial charge in [0.25, 0.3) is 0 Å². The van der Waals surface area contributed by atoms with E-state index < -0.39 is 4.87 Å². The molecule has 0 saturated carbocycles. The molecule has 0 amide bonds. The maximum atomic E-state index is 12.3. The van der Waals surface area contributed by atoms with Crippen LogP contribution in [0.15, 0.2) is 60.7 Å². The summed E-state index contributed by atoms with van der Waals surface area (Å²) in [5.74, 6) is 0.0153.